The fraction of sp³-hybridized carbons (Fsp3) is 0.0556. The SMILES string of the molecule is Cc1ccccc1Nc1ccnc(-c2cccc(NC=O)c2)n1. The summed E-state index contributed by atoms with van der Waals surface area (Å²) in [5, 5.41) is 5.93. The number of benzene rings is 2. The van der Waals surface area contributed by atoms with Crippen molar-refractivity contribution in [3.8, 4) is 11.4 Å². The molecule has 0 bridgehead atoms. The molecule has 1 aromatic heterocycles. The quantitative estimate of drug-likeness (QED) is 0.704. The smallest absolute Gasteiger partial charge is 0.211 e. The van der Waals surface area contributed by atoms with Crippen molar-refractivity contribution in [3.05, 3.63) is 66.4 Å². The van der Waals surface area contributed by atoms with Gasteiger partial charge in [-0.1, -0.05) is 30.3 Å². The molecule has 0 saturated carbocycles. The fourth-order valence-corrected chi connectivity index (χ4v) is 2.23. The number of para-hydroxylation sites is 1. The first-order valence-corrected chi connectivity index (χ1v) is 7.22. The van der Waals surface area contributed by atoms with Gasteiger partial charge in [0.05, 0.1) is 0 Å². The molecule has 0 saturated heterocycles. The van der Waals surface area contributed by atoms with Gasteiger partial charge in [0, 0.05) is 23.1 Å². The van der Waals surface area contributed by atoms with Crippen molar-refractivity contribution >= 4 is 23.6 Å². The van der Waals surface area contributed by atoms with E-state index in [-0.39, 0.29) is 0 Å². The van der Waals surface area contributed by atoms with Crippen LogP contribution in [-0.4, -0.2) is 16.4 Å². The highest BCUT2D eigenvalue weighted by molar-refractivity contribution is 5.74. The molecule has 1 amide bonds. The molecule has 5 heteroatoms. The van der Waals surface area contributed by atoms with Crippen LogP contribution in [0.1, 0.15) is 5.56 Å². The maximum Gasteiger partial charge on any atom is 0.211 e. The van der Waals surface area contributed by atoms with Crippen molar-refractivity contribution < 1.29 is 4.79 Å². The van der Waals surface area contributed by atoms with Crippen LogP contribution in [0.5, 0.6) is 0 Å². The molecule has 0 atom stereocenters. The molecule has 2 N–H and O–H groups in total. The van der Waals surface area contributed by atoms with Gasteiger partial charge >= 0.3 is 0 Å². The summed E-state index contributed by atoms with van der Waals surface area (Å²) in [5.41, 5.74) is 3.70. The van der Waals surface area contributed by atoms with Crippen LogP contribution in [-0.2, 0) is 4.79 Å². The molecule has 0 radical (unpaired) electrons. The van der Waals surface area contributed by atoms with E-state index in [1.54, 1.807) is 6.20 Å². The first kappa shape index (κ1) is 14.7. The van der Waals surface area contributed by atoms with Gasteiger partial charge in [-0.2, -0.15) is 0 Å². The van der Waals surface area contributed by atoms with Crippen molar-refractivity contribution in [2.75, 3.05) is 10.6 Å². The standard InChI is InChI=1S/C18H16N4O/c1-13-5-2-3-8-16(13)21-17-9-10-19-18(22-17)14-6-4-7-15(11-14)20-12-23/h2-12H,1H3,(H,20,23)(H,19,21,22). The first-order valence-electron chi connectivity index (χ1n) is 7.22. The predicted molar refractivity (Wildman–Crippen MR) is 91.6 cm³/mol. The Morgan fingerprint density at radius 3 is 2.74 bits per heavy atom. The number of amides is 1. The molecule has 3 aromatic rings. The highest BCUT2D eigenvalue weighted by Gasteiger charge is 2.05. The average Bonchev–Trinajstić information content (AvgIpc) is 2.58. The maximum atomic E-state index is 10.6. The lowest BCUT2D eigenvalue weighted by atomic mass is 10.2. The Hall–Kier alpha value is -3.21. The van der Waals surface area contributed by atoms with E-state index in [2.05, 4.69) is 20.6 Å². The number of carbonyl (C=O) groups excluding carboxylic acids is 1. The Morgan fingerprint density at radius 2 is 1.91 bits per heavy atom. The zero-order valence-electron chi connectivity index (χ0n) is 12.7. The molecule has 114 valence electrons. The lowest BCUT2D eigenvalue weighted by Crippen LogP contribution is -1.99. The Kier molecular flexibility index (Phi) is 4.29. The van der Waals surface area contributed by atoms with E-state index in [1.165, 1.54) is 0 Å². The minimum absolute atomic E-state index is 0.595. The molecule has 23 heavy (non-hydrogen) atoms. The molecular weight excluding hydrogens is 288 g/mol. The first-order chi connectivity index (χ1) is 11.3. The van der Waals surface area contributed by atoms with Gasteiger partial charge < -0.3 is 10.6 Å². The van der Waals surface area contributed by atoms with Gasteiger partial charge in [-0.15, -0.1) is 0 Å². The van der Waals surface area contributed by atoms with Gasteiger partial charge in [0.2, 0.25) is 6.41 Å². The Balaban J connectivity index is 1.89. The molecule has 0 unspecified atom stereocenters. The molecule has 3 rings (SSSR count). The number of rotatable bonds is 5. The zero-order chi connectivity index (χ0) is 16.1. The van der Waals surface area contributed by atoms with E-state index in [9.17, 15) is 4.79 Å². The average molecular weight is 304 g/mol. The second kappa shape index (κ2) is 6.70. The summed E-state index contributed by atoms with van der Waals surface area (Å²) >= 11 is 0. The molecule has 0 spiro atoms. The number of aryl methyl sites for hydroxylation is 1. The van der Waals surface area contributed by atoms with Crippen LogP contribution in [0.2, 0.25) is 0 Å². The monoisotopic (exact) mass is 304 g/mol. The van der Waals surface area contributed by atoms with Gasteiger partial charge in [-0.3, -0.25) is 4.79 Å². The fourth-order valence-electron chi connectivity index (χ4n) is 2.23. The van der Waals surface area contributed by atoms with E-state index in [4.69, 9.17) is 0 Å². The summed E-state index contributed by atoms with van der Waals surface area (Å²) in [6, 6.07) is 17.3. The summed E-state index contributed by atoms with van der Waals surface area (Å²) in [5.74, 6) is 1.32. The Labute approximate surface area is 134 Å². The number of anilines is 3. The lowest BCUT2D eigenvalue weighted by Gasteiger charge is -2.09. The van der Waals surface area contributed by atoms with Crippen molar-refractivity contribution in [3.63, 3.8) is 0 Å². The second-order valence-electron chi connectivity index (χ2n) is 5.05. The van der Waals surface area contributed by atoms with Gasteiger partial charge in [-0.05, 0) is 36.8 Å². The predicted octanol–water partition coefficient (Wildman–Crippen LogP) is 3.76. The molecular formula is C18H16N4O. The van der Waals surface area contributed by atoms with E-state index < -0.39 is 0 Å². The van der Waals surface area contributed by atoms with E-state index in [0.717, 1.165) is 22.6 Å². The van der Waals surface area contributed by atoms with Crippen molar-refractivity contribution in [2.45, 2.75) is 6.92 Å². The number of hydrogen-bond donors (Lipinski definition) is 2. The van der Waals surface area contributed by atoms with E-state index in [1.807, 2.05) is 61.5 Å². The van der Waals surface area contributed by atoms with Crippen molar-refractivity contribution in [1.82, 2.24) is 9.97 Å². The van der Waals surface area contributed by atoms with Crippen molar-refractivity contribution in [2.24, 2.45) is 0 Å². The Bertz CT molecular complexity index is 833. The molecule has 2 aromatic carbocycles. The number of hydrogen-bond acceptors (Lipinski definition) is 4. The lowest BCUT2D eigenvalue weighted by molar-refractivity contribution is -0.105. The normalized spacial score (nSPS) is 10.1. The van der Waals surface area contributed by atoms with Gasteiger partial charge in [0.25, 0.3) is 0 Å². The summed E-state index contributed by atoms with van der Waals surface area (Å²) in [7, 11) is 0. The highest BCUT2D eigenvalue weighted by Crippen LogP contribution is 2.22. The summed E-state index contributed by atoms with van der Waals surface area (Å²) in [6.45, 7) is 2.04. The van der Waals surface area contributed by atoms with Gasteiger partial charge in [-0.25, -0.2) is 9.97 Å². The third kappa shape index (κ3) is 3.52. The van der Waals surface area contributed by atoms with Crippen LogP contribution in [0.3, 0.4) is 0 Å². The molecule has 0 aliphatic rings. The molecule has 0 aliphatic heterocycles. The van der Waals surface area contributed by atoms with Crippen molar-refractivity contribution in [1.29, 1.82) is 0 Å². The zero-order valence-corrected chi connectivity index (χ0v) is 12.7. The van der Waals surface area contributed by atoms with Gasteiger partial charge in [0.15, 0.2) is 5.82 Å². The summed E-state index contributed by atoms with van der Waals surface area (Å²) in [6.07, 6.45) is 2.36. The van der Waals surface area contributed by atoms with Crippen LogP contribution in [0.25, 0.3) is 11.4 Å². The number of aromatic nitrogens is 2. The van der Waals surface area contributed by atoms with Crippen LogP contribution in [0.15, 0.2) is 60.8 Å². The maximum absolute atomic E-state index is 10.6. The van der Waals surface area contributed by atoms with Crippen LogP contribution in [0, 0.1) is 6.92 Å². The topological polar surface area (TPSA) is 66.9 Å². The third-order valence-electron chi connectivity index (χ3n) is 3.41. The second-order valence-corrected chi connectivity index (χ2v) is 5.05. The highest BCUT2D eigenvalue weighted by atomic mass is 16.1. The van der Waals surface area contributed by atoms with Crippen LogP contribution < -0.4 is 10.6 Å². The molecule has 1 heterocycles. The van der Waals surface area contributed by atoms with Crippen LogP contribution >= 0.6 is 0 Å². The Morgan fingerprint density at radius 1 is 1.04 bits per heavy atom. The minimum atomic E-state index is 0.595. The summed E-state index contributed by atoms with van der Waals surface area (Å²) in [4.78, 5) is 19.4. The van der Waals surface area contributed by atoms with Gasteiger partial charge in [0.1, 0.15) is 5.82 Å². The van der Waals surface area contributed by atoms with E-state index >= 15 is 0 Å². The summed E-state index contributed by atoms with van der Waals surface area (Å²) < 4.78 is 0. The minimum Gasteiger partial charge on any atom is -0.340 e. The molecule has 0 aliphatic carbocycles. The third-order valence-corrected chi connectivity index (χ3v) is 3.41. The van der Waals surface area contributed by atoms with E-state index in [0.29, 0.717) is 17.9 Å². The van der Waals surface area contributed by atoms with Crippen LogP contribution in [0.4, 0.5) is 17.2 Å². The number of nitrogens with one attached hydrogen (secondary N) is 2. The number of nitrogens with zero attached hydrogens (tertiary/aromatic N) is 2. The largest absolute Gasteiger partial charge is 0.340 e. The molecule has 5 nitrogen and oxygen atoms in total. The number of carbonyl (C=O) groups is 1. The molecule has 0 fully saturated rings.